The Kier molecular flexibility index (Phi) is 5.31. The highest BCUT2D eigenvalue weighted by molar-refractivity contribution is 9.10. The van der Waals surface area contributed by atoms with Crippen LogP contribution in [0, 0.1) is 11.6 Å². The van der Waals surface area contributed by atoms with Crippen molar-refractivity contribution in [2.45, 2.75) is 13.0 Å². The van der Waals surface area contributed by atoms with Crippen LogP contribution in [0.25, 0.3) is 0 Å². The first-order chi connectivity index (χ1) is 10.1. The maximum Gasteiger partial charge on any atom is 0.132 e. The molecule has 5 heteroatoms. The number of hydrogen-bond donors (Lipinski definition) is 1. The van der Waals surface area contributed by atoms with Crippen LogP contribution < -0.4 is 10.1 Å². The van der Waals surface area contributed by atoms with Crippen LogP contribution in [0.15, 0.2) is 40.9 Å². The first kappa shape index (κ1) is 15.9. The summed E-state index contributed by atoms with van der Waals surface area (Å²) in [5.74, 6) is -0.460. The minimum Gasteiger partial charge on any atom is -0.497 e. The molecule has 1 N–H and O–H groups in total. The van der Waals surface area contributed by atoms with E-state index in [9.17, 15) is 8.78 Å². The van der Waals surface area contributed by atoms with Crippen molar-refractivity contribution in [3.63, 3.8) is 0 Å². The van der Waals surface area contributed by atoms with E-state index in [2.05, 4.69) is 21.2 Å². The predicted octanol–water partition coefficient (Wildman–Crippen LogP) is 4.43. The van der Waals surface area contributed by atoms with Gasteiger partial charge in [0.15, 0.2) is 0 Å². The number of rotatable bonds is 5. The third-order valence-electron chi connectivity index (χ3n) is 3.19. The lowest BCUT2D eigenvalue weighted by Gasteiger charge is -2.20. The highest BCUT2D eigenvalue weighted by atomic mass is 79.9. The van der Waals surface area contributed by atoms with Crippen molar-refractivity contribution in [3.8, 4) is 5.75 Å². The van der Waals surface area contributed by atoms with Gasteiger partial charge in [-0.05, 0) is 36.4 Å². The molecule has 0 aliphatic heterocycles. The summed E-state index contributed by atoms with van der Waals surface area (Å²) in [5, 5.41) is 3.12. The second kappa shape index (κ2) is 7.00. The van der Waals surface area contributed by atoms with Gasteiger partial charge in [0.1, 0.15) is 17.4 Å². The zero-order chi connectivity index (χ0) is 15.4. The minimum atomic E-state index is -0.580. The number of nitrogens with one attached hydrogen (secondary N) is 1. The minimum absolute atomic E-state index is 0.0187. The summed E-state index contributed by atoms with van der Waals surface area (Å²) in [4.78, 5) is 0. The number of hydrogen-bond acceptors (Lipinski definition) is 2. The summed E-state index contributed by atoms with van der Waals surface area (Å²) in [6.45, 7) is 2.48. The van der Waals surface area contributed by atoms with Crippen LogP contribution >= 0.6 is 15.9 Å². The van der Waals surface area contributed by atoms with E-state index in [1.54, 1.807) is 31.4 Å². The molecule has 112 valence electrons. The molecule has 1 unspecified atom stereocenters. The molecule has 0 heterocycles. The van der Waals surface area contributed by atoms with Gasteiger partial charge in [0.2, 0.25) is 0 Å². The van der Waals surface area contributed by atoms with Gasteiger partial charge in [-0.25, -0.2) is 8.78 Å². The van der Waals surface area contributed by atoms with E-state index in [1.165, 1.54) is 12.1 Å². The fourth-order valence-corrected chi connectivity index (χ4v) is 2.62. The molecule has 1 atom stereocenters. The molecule has 21 heavy (non-hydrogen) atoms. The molecule has 0 amide bonds. The lowest BCUT2D eigenvalue weighted by Crippen LogP contribution is -2.24. The second-order valence-electron chi connectivity index (χ2n) is 4.55. The van der Waals surface area contributed by atoms with Gasteiger partial charge >= 0.3 is 0 Å². The highest BCUT2D eigenvalue weighted by Crippen LogP contribution is 2.30. The largest absolute Gasteiger partial charge is 0.497 e. The molecular weight excluding hydrogens is 340 g/mol. The van der Waals surface area contributed by atoms with E-state index in [1.807, 2.05) is 6.92 Å². The van der Waals surface area contributed by atoms with Crippen molar-refractivity contribution < 1.29 is 13.5 Å². The van der Waals surface area contributed by atoms with Crippen LogP contribution in [-0.4, -0.2) is 13.7 Å². The van der Waals surface area contributed by atoms with Crippen molar-refractivity contribution in [2.24, 2.45) is 0 Å². The van der Waals surface area contributed by atoms with Gasteiger partial charge in [0.05, 0.1) is 13.2 Å². The fraction of sp³-hybridized carbons (Fsp3) is 0.250. The Morgan fingerprint density at radius 1 is 1.14 bits per heavy atom. The summed E-state index contributed by atoms with van der Waals surface area (Å²) in [6, 6.07) is 9.13. The lowest BCUT2D eigenvalue weighted by atomic mass is 9.97. The van der Waals surface area contributed by atoms with Crippen molar-refractivity contribution in [1.29, 1.82) is 0 Å². The third kappa shape index (κ3) is 3.60. The van der Waals surface area contributed by atoms with E-state index in [4.69, 9.17) is 4.74 Å². The number of methoxy groups -OCH3 is 1. The van der Waals surface area contributed by atoms with Crippen molar-refractivity contribution in [2.75, 3.05) is 13.7 Å². The van der Waals surface area contributed by atoms with E-state index < -0.39 is 17.7 Å². The number of ether oxygens (including phenoxy) is 1. The van der Waals surface area contributed by atoms with Gasteiger partial charge in [0.25, 0.3) is 0 Å². The molecule has 0 saturated carbocycles. The van der Waals surface area contributed by atoms with Crippen LogP contribution in [0.5, 0.6) is 5.75 Å². The summed E-state index contributed by atoms with van der Waals surface area (Å²) >= 11 is 3.09. The molecule has 0 aliphatic rings. The standard InChI is InChI=1S/C16H16BrF2NO/c1-3-20-16(10-4-6-12(21-2)7-5-10)15-13(18)8-11(17)9-14(15)19/h4-9,16,20H,3H2,1-2H3. The zero-order valence-corrected chi connectivity index (χ0v) is 13.4. The molecule has 0 spiro atoms. The Morgan fingerprint density at radius 2 is 1.71 bits per heavy atom. The SMILES string of the molecule is CCNC(c1ccc(OC)cc1)c1c(F)cc(Br)cc1F. The number of benzene rings is 2. The average Bonchev–Trinajstić information content (AvgIpc) is 2.45. The molecule has 2 aromatic rings. The number of halogens is 3. The van der Waals surface area contributed by atoms with Gasteiger partial charge in [-0.3, -0.25) is 0 Å². The highest BCUT2D eigenvalue weighted by Gasteiger charge is 2.22. The molecule has 0 aliphatic carbocycles. The summed E-state index contributed by atoms with van der Waals surface area (Å²) in [6.07, 6.45) is 0. The molecule has 0 radical (unpaired) electrons. The molecule has 2 aromatic carbocycles. The maximum atomic E-state index is 14.2. The van der Waals surface area contributed by atoms with Gasteiger partial charge in [0, 0.05) is 10.0 Å². The van der Waals surface area contributed by atoms with Crippen LogP contribution in [0.1, 0.15) is 24.1 Å². The third-order valence-corrected chi connectivity index (χ3v) is 3.65. The monoisotopic (exact) mass is 355 g/mol. The van der Waals surface area contributed by atoms with Crippen LogP contribution in [0.4, 0.5) is 8.78 Å². The predicted molar refractivity (Wildman–Crippen MR) is 82.6 cm³/mol. The molecule has 0 saturated heterocycles. The normalized spacial score (nSPS) is 12.2. The van der Waals surface area contributed by atoms with Crippen molar-refractivity contribution >= 4 is 15.9 Å². The van der Waals surface area contributed by atoms with Crippen LogP contribution in [-0.2, 0) is 0 Å². The molecule has 0 bridgehead atoms. The van der Waals surface area contributed by atoms with Crippen LogP contribution in [0.3, 0.4) is 0 Å². The maximum absolute atomic E-state index is 14.2. The Labute approximate surface area is 131 Å². The Morgan fingerprint density at radius 3 is 2.19 bits per heavy atom. The van der Waals surface area contributed by atoms with E-state index in [0.717, 1.165) is 5.56 Å². The topological polar surface area (TPSA) is 21.3 Å². The Balaban J connectivity index is 2.47. The summed E-state index contributed by atoms with van der Waals surface area (Å²) in [7, 11) is 1.57. The molecular formula is C16H16BrF2NO. The van der Waals surface area contributed by atoms with Crippen molar-refractivity contribution in [1.82, 2.24) is 5.32 Å². The van der Waals surface area contributed by atoms with Crippen LogP contribution in [0.2, 0.25) is 0 Å². The van der Waals surface area contributed by atoms with E-state index in [0.29, 0.717) is 16.8 Å². The van der Waals surface area contributed by atoms with E-state index >= 15 is 0 Å². The Bertz CT molecular complexity index is 593. The first-order valence-electron chi connectivity index (χ1n) is 6.58. The molecule has 2 nitrogen and oxygen atoms in total. The first-order valence-corrected chi connectivity index (χ1v) is 7.38. The summed E-state index contributed by atoms with van der Waals surface area (Å²) in [5.41, 5.74) is 0.794. The van der Waals surface area contributed by atoms with Crippen molar-refractivity contribution in [3.05, 3.63) is 63.6 Å². The lowest BCUT2D eigenvalue weighted by molar-refractivity contribution is 0.414. The molecule has 0 aromatic heterocycles. The van der Waals surface area contributed by atoms with Gasteiger partial charge in [-0.15, -0.1) is 0 Å². The second-order valence-corrected chi connectivity index (χ2v) is 5.46. The fourth-order valence-electron chi connectivity index (χ4n) is 2.22. The zero-order valence-electron chi connectivity index (χ0n) is 11.8. The summed E-state index contributed by atoms with van der Waals surface area (Å²) < 4.78 is 33.8. The van der Waals surface area contributed by atoms with Gasteiger partial charge in [-0.1, -0.05) is 35.0 Å². The average molecular weight is 356 g/mol. The van der Waals surface area contributed by atoms with E-state index in [-0.39, 0.29) is 5.56 Å². The molecule has 0 fully saturated rings. The Hall–Kier alpha value is -1.46. The van der Waals surface area contributed by atoms with Gasteiger partial charge in [-0.2, -0.15) is 0 Å². The molecule has 2 rings (SSSR count). The quantitative estimate of drug-likeness (QED) is 0.856. The smallest absolute Gasteiger partial charge is 0.132 e. The van der Waals surface area contributed by atoms with Gasteiger partial charge < -0.3 is 10.1 Å².